The number of amides is 2. The van der Waals surface area contributed by atoms with Crippen LogP contribution >= 0.6 is 0 Å². The van der Waals surface area contributed by atoms with Crippen molar-refractivity contribution < 1.29 is 28.7 Å². The lowest BCUT2D eigenvalue weighted by Crippen LogP contribution is -2.45. The standard InChI is InChI=1S/C53H62N4O6/c1-30(2)42(26-48(58)62-5)52(60)56-21-9-13-46(56)44-24-34(28-54-44)36-17-19-40(39-12-8-7-11-38(36)39)41-20-18-37(50-32-15-16-33(23-32)51(41)50)35-25-45(55-29-35)47-14-10-22-57(47)53(61)43(31(3)4)27-49(59)63-6/h7-8,11-12,17-20,28-33,42-43,46-47H,9-10,13-16,21-27H2,1-6H3/t32?,33?,42-,43-,46?,47-/m0/s1. The van der Waals surface area contributed by atoms with Crippen molar-refractivity contribution in [2.75, 3.05) is 27.3 Å². The van der Waals surface area contributed by atoms with E-state index in [1.54, 1.807) is 0 Å². The summed E-state index contributed by atoms with van der Waals surface area (Å²) in [7, 11) is 2.76. The number of hydrogen-bond acceptors (Lipinski definition) is 8. The molecule has 330 valence electrons. The zero-order chi connectivity index (χ0) is 44.1. The van der Waals surface area contributed by atoms with E-state index in [4.69, 9.17) is 19.5 Å². The van der Waals surface area contributed by atoms with Gasteiger partial charge in [0, 0.05) is 49.8 Å². The highest BCUT2D eigenvalue weighted by atomic mass is 16.5. The fourth-order valence-electron chi connectivity index (χ4n) is 11.9. The Hall–Kier alpha value is -5.38. The Bertz CT molecular complexity index is 2480. The molecule has 3 aromatic carbocycles. The van der Waals surface area contributed by atoms with Crippen LogP contribution in [0.15, 0.2) is 70.9 Å². The second-order valence-electron chi connectivity index (χ2n) is 19.4. The van der Waals surface area contributed by atoms with Gasteiger partial charge in [-0.1, -0.05) is 76.2 Å². The lowest BCUT2D eigenvalue weighted by molar-refractivity contribution is -0.148. The molecule has 63 heavy (non-hydrogen) atoms. The first-order valence-electron chi connectivity index (χ1n) is 23.4. The first-order chi connectivity index (χ1) is 30.5. The van der Waals surface area contributed by atoms with E-state index in [-0.39, 0.29) is 60.5 Å². The Balaban J connectivity index is 0.956. The number of benzene rings is 3. The second-order valence-corrected chi connectivity index (χ2v) is 19.4. The van der Waals surface area contributed by atoms with E-state index >= 15 is 0 Å². The summed E-state index contributed by atoms with van der Waals surface area (Å²) in [6.07, 6.45) is 12.9. The first-order valence-corrected chi connectivity index (χ1v) is 23.4. The van der Waals surface area contributed by atoms with Crippen LogP contribution in [0.4, 0.5) is 0 Å². The molecule has 3 aromatic rings. The van der Waals surface area contributed by atoms with Gasteiger partial charge < -0.3 is 19.3 Å². The highest BCUT2D eigenvalue weighted by molar-refractivity contribution is 6.10. The van der Waals surface area contributed by atoms with Gasteiger partial charge in [0.25, 0.3) is 0 Å². The van der Waals surface area contributed by atoms with Gasteiger partial charge in [-0.05, 0) is 124 Å². The molecule has 2 amide bonds. The van der Waals surface area contributed by atoms with Gasteiger partial charge >= 0.3 is 11.9 Å². The van der Waals surface area contributed by atoms with Crippen molar-refractivity contribution in [3.05, 3.63) is 83.2 Å². The summed E-state index contributed by atoms with van der Waals surface area (Å²) in [5.74, 6) is -0.358. The van der Waals surface area contributed by atoms with Gasteiger partial charge in [-0.3, -0.25) is 29.2 Å². The summed E-state index contributed by atoms with van der Waals surface area (Å²) >= 11 is 0. The van der Waals surface area contributed by atoms with Gasteiger partial charge in [-0.15, -0.1) is 0 Å². The number of allylic oxidation sites excluding steroid dienone is 2. The molecule has 4 heterocycles. The number of hydrogen-bond donors (Lipinski definition) is 0. The second kappa shape index (κ2) is 17.6. The van der Waals surface area contributed by atoms with Crippen LogP contribution in [-0.2, 0) is 28.7 Å². The van der Waals surface area contributed by atoms with E-state index < -0.39 is 11.8 Å². The smallest absolute Gasteiger partial charge is 0.306 e. The molecule has 3 fully saturated rings. The normalized spacial score (nSPS) is 23.6. The number of esters is 2. The summed E-state index contributed by atoms with van der Waals surface area (Å²) < 4.78 is 9.90. The maximum Gasteiger partial charge on any atom is 0.306 e. The molecule has 10 nitrogen and oxygen atoms in total. The summed E-state index contributed by atoms with van der Waals surface area (Å²) in [5, 5.41) is 2.43. The number of likely N-dealkylation sites (tertiary alicyclic amines) is 2. The summed E-state index contributed by atoms with van der Waals surface area (Å²) in [6, 6.07) is 17.9. The van der Waals surface area contributed by atoms with E-state index in [1.807, 2.05) is 43.7 Å². The molecular formula is C53H62N4O6. The molecule has 10 heteroatoms. The van der Waals surface area contributed by atoms with Gasteiger partial charge in [0.05, 0.1) is 51.0 Å². The van der Waals surface area contributed by atoms with Crippen molar-refractivity contribution in [2.45, 2.75) is 122 Å². The number of methoxy groups -OCH3 is 2. The Morgan fingerprint density at radius 3 is 1.56 bits per heavy atom. The van der Waals surface area contributed by atoms with Crippen LogP contribution in [0.3, 0.4) is 0 Å². The van der Waals surface area contributed by atoms with E-state index in [2.05, 4.69) is 54.7 Å². The number of aliphatic imine (C=N–C) groups is 2. The molecule has 9 rings (SSSR count). The van der Waals surface area contributed by atoms with Crippen LogP contribution in [0.2, 0.25) is 0 Å². The van der Waals surface area contributed by atoms with Crippen molar-refractivity contribution in [1.29, 1.82) is 0 Å². The number of ether oxygens (including phenoxy) is 2. The average molecular weight is 851 g/mol. The topological polar surface area (TPSA) is 118 Å². The van der Waals surface area contributed by atoms with E-state index in [1.165, 1.54) is 83.2 Å². The predicted molar refractivity (Wildman–Crippen MR) is 248 cm³/mol. The van der Waals surface area contributed by atoms with Gasteiger partial charge in [0.15, 0.2) is 0 Å². The zero-order valence-electron chi connectivity index (χ0n) is 37.8. The Morgan fingerprint density at radius 2 is 1.05 bits per heavy atom. The summed E-state index contributed by atoms with van der Waals surface area (Å²) in [6.45, 7) is 9.37. The van der Waals surface area contributed by atoms with Gasteiger partial charge in [0.2, 0.25) is 11.8 Å². The number of carbonyl (C=O) groups excluding carboxylic acids is 4. The SMILES string of the molecule is COC(=O)C[C@H](C(=O)N1CCCC1C1=NC=C(c2ccc(-c3ccc(C4=CN=C([C@@H]5CCCN5C(=O)[C@@H](CC(=O)OC)C(C)C)C4)c4c3C3CCC4C3)c3ccccc23)C1)C(C)C. The summed E-state index contributed by atoms with van der Waals surface area (Å²) in [4.78, 5) is 66.4. The summed E-state index contributed by atoms with van der Waals surface area (Å²) in [5.41, 5.74) is 12.5. The van der Waals surface area contributed by atoms with Crippen molar-refractivity contribution in [2.24, 2.45) is 33.7 Å². The molecule has 6 aliphatic rings. The highest BCUT2D eigenvalue weighted by Gasteiger charge is 2.43. The van der Waals surface area contributed by atoms with Crippen LogP contribution in [0, 0.1) is 23.7 Å². The Morgan fingerprint density at radius 1 is 0.603 bits per heavy atom. The lowest BCUT2D eigenvalue weighted by Gasteiger charge is -2.30. The van der Waals surface area contributed by atoms with Crippen molar-refractivity contribution in [3.63, 3.8) is 0 Å². The molecule has 0 N–H and O–H groups in total. The minimum atomic E-state index is -0.417. The Kier molecular flexibility index (Phi) is 12.0. The quantitative estimate of drug-likeness (QED) is 0.158. The third-order valence-electron chi connectivity index (χ3n) is 15.3. The van der Waals surface area contributed by atoms with E-state index in [0.29, 0.717) is 31.3 Å². The molecular weight excluding hydrogens is 789 g/mol. The number of carbonyl (C=O) groups is 4. The minimum absolute atomic E-state index is 0.0209. The predicted octanol–water partition coefficient (Wildman–Crippen LogP) is 9.90. The Labute approximate surface area is 371 Å². The molecule has 0 radical (unpaired) electrons. The monoisotopic (exact) mass is 850 g/mol. The van der Waals surface area contributed by atoms with Crippen LogP contribution in [-0.4, -0.2) is 84.4 Å². The maximum atomic E-state index is 13.9. The number of nitrogens with zero attached hydrogens (tertiary/aromatic N) is 4. The average Bonchev–Trinajstić information content (AvgIpc) is 4.16. The molecule has 2 saturated heterocycles. The largest absolute Gasteiger partial charge is 0.469 e. The minimum Gasteiger partial charge on any atom is -0.469 e. The van der Waals surface area contributed by atoms with Crippen LogP contribution < -0.4 is 0 Å². The van der Waals surface area contributed by atoms with Crippen molar-refractivity contribution in [1.82, 2.24) is 9.80 Å². The van der Waals surface area contributed by atoms with Gasteiger partial charge in [-0.25, -0.2) is 0 Å². The van der Waals surface area contributed by atoms with Crippen LogP contribution in [0.25, 0.3) is 33.0 Å². The van der Waals surface area contributed by atoms with Crippen molar-refractivity contribution in [3.8, 4) is 11.1 Å². The third-order valence-corrected chi connectivity index (χ3v) is 15.3. The molecule has 0 spiro atoms. The maximum absolute atomic E-state index is 13.9. The molecule has 2 bridgehead atoms. The third kappa shape index (κ3) is 7.86. The van der Waals surface area contributed by atoms with E-state index in [9.17, 15) is 19.2 Å². The van der Waals surface area contributed by atoms with Gasteiger partial charge in [-0.2, -0.15) is 0 Å². The number of rotatable bonds is 13. The molecule has 6 atom stereocenters. The first kappa shape index (κ1) is 42.9. The molecule has 4 aliphatic heterocycles. The van der Waals surface area contributed by atoms with Gasteiger partial charge in [0.1, 0.15) is 0 Å². The number of fused-ring (bicyclic) bond motifs is 6. The highest BCUT2D eigenvalue weighted by Crippen LogP contribution is 2.58. The zero-order valence-corrected chi connectivity index (χ0v) is 37.8. The molecule has 2 aliphatic carbocycles. The molecule has 1 saturated carbocycles. The molecule has 0 aromatic heterocycles. The fraction of sp³-hybridized carbons (Fsp3) is 0.509. The van der Waals surface area contributed by atoms with Crippen molar-refractivity contribution >= 4 is 57.1 Å². The lowest BCUT2D eigenvalue weighted by atomic mass is 9.79. The van der Waals surface area contributed by atoms with E-state index in [0.717, 1.165) is 49.1 Å². The fourth-order valence-corrected chi connectivity index (χ4v) is 11.9. The molecule has 3 unspecified atom stereocenters. The van der Waals surface area contributed by atoms with Crippen LogP contribution in [0.1, 0.15) is 132 Å². The van der Waals surface area contributed by atoms with Crippen LogP contribution in [0.5, 0.6) is 0 Å².